The fourth-order valence-electron chi connectivity index (χ4n) is 2.28. The molecule has 3 rings (SSSR count). The molecule has 7 nitrogen and oxygen atoms in total. The predicted molar refractivity (Wildman–Crippen MR) is 103 cm³/mol. The molecule has 8 heteroatoms. The van der Waals surface area contributed by atoms with Crippen LogP contribution in [0.4, 0.5) is 17.2 Å². The van der Waals surface area contributed by atoms with Gasteiger partial charge in [0.1, 0.15) is 11.5 Å². The number of nitrogens with one attached hydrogen (secondary N) is 2. The maximum atomic E-state index is 12.3. The summed E-state index contributed by atoms with van der Waals surface area (Å²) in [6, 6.07) is 13.7. The number of benzene rings is 2. The summed E-state index contributed by atoms with van der Waals surface area (Å²) in [5.41, 5.74) is 1.50. The number of anilines is 3. The van der Waals surface area contributed by atoms with Crippen LogP contribution >= 0.6 is 11.6 Å². The maximum absolute atomic E-state index is 12.3. The largest absolute Gasteiger partial charge is 0.465 e. The standard InChI is InChI=1S/C19H15ClN4O3/c1-27-19(26)12-6-2-4-8-14(12)23-17-11-21-16(10-22-17)18(25)24-15-9-5-3-7-13(15)20/h2-11H,1H3,(H,22,23)(H,24,25). The van der Waals surface area contributed by atoms with E-state index in [0.29, 0.717) is 27.8 Å². The van der Waals surface area contributed by atoms with Crippen LogP contribution in [0.15, 0.2) is 60.9 Å². The number of rotatable bonds is 5. The summed E-state index contributed by atoms with van der Waals surface area (Å²) in [5, 5.41) is 6.09. The Morgan fingerprint density at radius 2 is 1.67 bits per heavy atom. The van der Waals surface area contributed by atoms with Crippen LogP contribution in [0.1, 0.15) is 20.8 Å². The number of carbonyl (C=O) groups is 2. The molecule has 0 saturated heterocycles. The normalized spacial score (nSPS) is 10.1. The first-order valence-corrected chi connectivity index (χ1v) is 8.28. The quantitative estimate of drug-likeness (QED) is 0.650. The average Bonchev–Trinajstić information content (AvgIpc) is 2.70. The number of carbonyl (C=O) groups excluding carboxylic acids is 2. The van der Waals surface area contributed by atoms with Crippen LogP contribution < -0.4 is 10.6 Å². The van der Waals surface area contributed by atoms with Crippen molar-refractivity contribution in [1.29, 1.82) is 0 Å². The van der Waals surface area contributed by atoms with Crippen molar-refractivity contribution in [2.45, 2.75) is 0 Å². The lowest BCUT2D eigenvalue weighted by Crippen LogP contribution is -2.14. The molecule has 1 aromatic heterocycles. The number of hydrogen-bond donors (Lipinski definition) is 2. The molecule has 0 saturated carbocycles. The van der Waals surface area contributed by atoms with Gasteiger partial charge < -0.3 is 15.4 Å². The zero-order valence-corrected chi connectivity index (χ0v) is 15.0. The molecule has 1 heterocycles. The summed E-state index contributed by atoms with van der Waals surface area (Å²) < 4.78 is 4.75. The molecule has 0 bridgehead atoms. The molecular formula is C19H15ClN4O3. The van der Waals surface area contributed by atoms with Crippen LogP contribution in [0.5, 0.6) is 0 Å². The highest BCUT2D eigenvalue weighted by atomic mass is 35.5. The zero-order valence-electron chi connectivity index (χ0n) is 14.3. The molecular weight excluding hydrogens is 368 g/mol. The lowest BCUT2D eigenvalue weighted by atomic mass is 10.2. The van der Waals surface area contributed by atoms with Gasteiger partial charge in [0.15, 0.2) is 0 Å². The van der Waals surface area contributed by atoms with Crippen molar-refractivity contribution in [3.63, 3.8) is 0 Å². The molecule has 0 aliphatic rings. The molecule has 0 atom stereocenters. The van der Waals surface area contributed by atoms with Crippen molar-refractivity contribution in [1.82, 2.24) is 9.97 Å². The van der Waals surface area contributed by atoms with E-state index in [1.54, 1.807) is 48.5 Å². The van der Waals surface area contributed by atoms with Crippen LogP contribution in [0.2, 0.25) is 5.02 Å². The second kappa shape index (κ2) is 8.29. The van der Waals surface area contributed by atoms with Gasteiger partial charge in [-0.2, -0.15) is 0 Å². The van der Waals surface area contributed by atoms with E-state index >= 15 is 0 Å². The molecule has 0 aliphatic carbocycles. The Kier molecular flexibility index (Phi) is 5.63. The van der Waals surface area contributed by atoms with Crippen LogP contribution in [-0.4, -0.2) is 29.0 Å². The van der Waals surface area contributed by atoms with Gasteiger partial charge in [-0.3, -0.25) is 4.79 Å². The van der Waals surface area contributed by atoms with Gasteiger partial charge in [-0.25, -0.2) is 14.8 Å². The van der Waals surface area contributed by atoms with E-state index in [2.05, 4.69) is 20.6 Å². The van der Waals surface area contributed by atoms with Gasteiger partial charge in [0.05, 0.1) is 41.5 Å². The van der Waals surface area contributed by atoms with E-state index in [-0.39, 0.29) is 5.69 Å². The molecule has 0 aliphatic heterocycles. The number of ether oxygens (including phenoxy) is 1. The van der Waals surface area contributed by atoms with Gasteiger partial charge in [0, 0.05) is 0 Å². The van der Waals surface area contributed by atoms with Crippen molar-refractivity contribution in [2.24, 2.45) is 0 Å². The Morgan fingerprint density at radius 3 is 2.33 bits per heavy atom. The van der Waals surface area contributed by atoms with Gasteiger partial charge in [-0.15, -0.1) is 0 Å². The third kappa shape index (κ3) is 4.39. The molecule has 0 radical (unpaired) electrons. The summed E-state index contributed by atoms with van der Waals surface area (Å²) in [6.07, 6.45) is 2.73. The van der Waals surface area contributed by atoms with E-state index < -0.39 is 11.9 Å². The molecule has 1 amide bonds. The first kappa shape index (κ1) is 18.3. The second-order valence-electron chi connectivity index (χ2n) is 5.38. The van der Waals surface area contributed by atoms with Crippen molar-refractivity contribution in [2.75, 3.05) is 17.7 Å². The number of amides is 1. The number of nitrogens with zero attached hydrogens (tertiary/aromatic N) is 2. The minimum atomic E-state index is -0.471. The highest BCUT2D eigenvalue weighted by Gasteiger charge is 2.13. The van der Waals surface area contributed by atoms with Gasteiger partial charge in [0.2, 0.25) is 0 Å². The van der Waals surface area contributed by atoms with Crippen molar-refractivity contribution >= 4 is 40.7 Å². The number of hydrogen-bond acceptors (Lipinski definition) is 6. The summed E-state index contributed by atoms with van der Waals surface area (Å²) >= 11 is 6.03. The minimum absolute atomic E-state index is 0.127. The molecule has 2 N–H and O–H groups in total. The van der Waals surface area contributed by atoms with Crippen LogP contribution in [0.3, 0.4) is 0 Å². The monoisotopic (exact) mass is 382 g/mol. The van der Waals surface area contributed by atoms with Crippen molar-refractivity contribution in [3.8, 4) is 0 Å². The summed E-state index contributed by atoms with van der Waals surface area (Å²) in [7, 11) is 1.31. The van der Waals surface area contributed by atoms with E-state index in [9.17, 15) is 9.59 Å². The first-order valence-electron chi connectivity index (χ1n) is 7.91. The number of para-hydroxylation sites is 2. The third-order valence-corrected chi connectivity index (χ3v) is 3.93. The molecule has 0 fully saturated rings. The molecule has 0 spiro atoms. The summed E-state index contributed by atoms with van der Waals surface area (Å²) in [6.45, 7) is 0. The lowest BCUT2D eigenvalue weighted by Gasteiger charge is -2.10. The Hall–Kier alpha value is -3.45. The topological polar surface area (TPSA) is 93.2 Å². The number of methoxy groups -OCH3 is 1. The second-order valence-corrected chi connectivity index (χ2v) is 5.79. The van der Waals surface area contributed by atoms with E-state index in [1.165, 1.54) is 19.5 Å². The zero-order chi connectivity index (χ0) is 19.2. The Balaban J connectivity index is 1.74. The summed E-state index contributed by atoms with van der Waals surface area (Å²) in [4.78, 5) is 32.3. The van der Waals surface area contributed by atoms with E-state index in [0.717, 1.165) is 0 Å². The predicted octanol–water partition coefficient (Wildman–Crippen LogP) is 3.91. The molecule has 136 valence electrons. The highest BCUT2D eigenvalue weighted by Crippen LogP contribution is 2.22. The van der Waals surface area contributed by atoms with Crippen molar-refractivity contribution < 1.29 is 14.3 Å². The number of esters is 1. The SMILES string of the molecule is COC(=O)c1ccccc1Nc1cnc(C(=O)Nc2ccccc2Cl)cn1. The smallest absolute Gasteiger partial charge is 0.339 e. The maximum Gasteiger partial charge on any atom is 0.339 e. The minimum Gasteiger partial charge on any atom is -0.465 e. The fraction of sp³-hybridized carbons (Fsp3) is 0.0526. The first-order chi connectivity index (χ1) is 13.1. The molecule has 27 heavy (non-hydrogen) atoms. The van der Waals surface area contributed by atoms with Gasteiger partial charge in [-0.1, -0.05) is 35.9 Å². The average molecular weight is 383 g/mol. The Labute approximate surface area is 160 Å². The Bertz CT molecular complexity index is 977. The number of aromatic nitrogens is 2. The Morgan fingerprint density at radius 1 is 0.963 bits per heavy atom. The van der Waals surface area contributed by atoms with Gasteiger partial charge in [-0.05, 0) is 24.3 Å². The van der Waals surface area contributed by atoms with Crippen LogP contribution in [0, 0.1) is 0 Å². The number of halogens is 1. The van der Waals surface area contributed by atoms with Crippen LogP contribution in [0.25, 0.3) is 0 Å². The molecule has 2 aromatic carbocycles. The van der Waals surface area contributed by atoms with Crippen LogP contribution in [-0.2, 0) is 4.74 Å². The lowest BCUT2D eigenvalue weighted by molar-refractivity contribution is 0.0601. The third-order valence-electron chi connectivity index (χ3n) is 3.60. The fourth-order valence-corrected chi connectivity index (χ4v) is 2.46. The van der Waals surface area contributed by atoms with Gasteiger partial charge in [0.25, 0.3) is 5.91 Å². The summed E-state index contributed by atoms with van der Waals surface area (Å²) in [5.74, 6) is -0.528. The van der Waals surface area contributed by atoms with Gasteiger partial charge >= 0.3 is 5.97 Å². The highest BCUT2D eigenvalue weighted by molar-refractivity contribution is 6.33. The molecule has 3 aromatic rings. The molecule has 0 unspecified atom stereocenters. The van der Waals surface area contributed by atoms with E-state index in [1.807, 2.05) is 0 Å². The van der Waals surface area contributed by atoms with E-state index in [4.69, 9.17) is 16.3 Å². The van der Waals surface area contributed by atoms with Crippen molar-refractivity contribution in [3.05, 3.63) is 77.2 Å².